The van der Waals surface area contributed by atoms with Crippen LogP contribution < -0.4 is 5.73 Å². The first-order valence-electron chi connectivity index (χ1n) is 5.64. The lowest BCUT2D eigenvalue weighted by Gasteiger charge is -2.17. The molecule has 1 aliphatic rings. The number of aryl methyl sites for hydroxylation is 2. The van der Waals surface area contributed by atoms with Gasteiger partial charge in [0.05, 0.1) is 0 Å². The molecule has 3 rings (SSSR count). The van der Waals surface area contributed by atoms with Gasteiger partial charge in [0.15, 0.2) is 0 Å². The molecule has 0 spiro atoms. The number of rotatable bonds is 0. The molecule has 1 heteroatoms. The highest BCUT2D eigenvalue weighted by atomic mass is 14.5. The van der Waals surface area contributed by atoms with Crippen molar-refractivity contribution in [2.45, 2.75) is 25.7 Å². The summed E-state index contributed by atoms with van der Waals surface area (Å²) in [7, 11) is 0. The minimum absolute atomic E-state index is 0.904. The van der Waals surface area contributed by atoms with Gasteiger partial charge in [0.2, 0.25) is 0 Å². The summed E-state index contributed by atoms with van der Waals surface area (Å²) in [5, 5.41) is 2.51. The molecule has 0 amide bonds. The molecule has 0 bridgehead atoms. The molecule has 1 nitrogen and oxygen atoms in total. The standard InChI is InChI=1S/C14H15N/c15-14-7-3-6-12-8-10-4-1-2-5-11(10)9-13(12)14/h3,6-9H,1-2,4-5,15H2. The number of anilines is 1. The largest absolute Gasteiger partial charge is 0.398 e. The highest BCUT2D eigenvalue weighted by Gasteiger charge is 2.10. The summed E-state index contributed by atoms with van der Waals surface area (Å²) in [4.78, 5) is 0. The smallest absolute Gasteiger partial charge is 0.0393 e. The lowest BCUT2D eigenvalue weighted by Crippen LogP contribution is -2.02. The highest BCUT2D eigenvalue weighted by molar-refractivity contribution is 5.93. The quantitative estimate of drug-likeness (QED) is 0.644. The van der Waals surface area contributed by atoms with E-state index >= 15 is 0 Å². The van der Waals surface area contributed by atoms with Crippen LogP contribution in [0.1, 0.15) is 24.0 Å². The minimum Gasteiger partial charge on any atom is -0.398 e. The van der Waals surface area contributed by atoms with Crippen LogP contribution in [-0.4, -0.2) is 0 Å². The zero-order valence-corrected chi connectivity index (χ0v) is 8.79. The van der Waals surface area contributed by atoms with E-state index in [2.05, 4.69) is 18.2 Å². The third kappa shape index (κ3) is 1.39. The van der Waals surface area contributed by atoms with Gasteiger partial charge in [0.1, 0.15) is 0 Å². The van der Waals surface area contributed by atoms with Crippen molar-refractivity contribution in [3.8, 4) is 0 Å². The van der Waals surface area contributed by atoms with Crippen LogP contribution in [-0.2, 0) is 12.8 Å². The van der Waals surface area contributed by atoms with Gasteiger partial charge in [-0.1, -0.05) is 18.2 Å². The average Bonchev–Trinajstić information content (AvgIpc) is 2.27. The van der Waals surface area contributed by atoms with Crippen molar-refractivity contribution in [3.63, 3.8) is 0 Å². The van der Waals surface area contributed by atoms with E-state index in [-0.39, 0.29) is 0 Å². The number of nitrogens with two attached hydrogens (primary N) is 1. The maximum atomic E-state index is 5.99. The monoisotopic (exact) mass is 197 g/mol. The molecule has 0 heterocycles. The predicted octanol–water partition coefficient (Wildman–Crippen LogP) is 3.30. The minimum atomic E-state index is 0.904. The molecule has 76 valence electrons. The van der Waals surface area contributed by atoms with Crippen LogP contribution in [0.5, 0.6) is 0 Å². The Morgan fingerprint density at radius 2 is 1.67 bits per heavy atom. The van der Waals surface area contributed by atoms with Crippen LogP contribution in [0, 0.1) is 0 Å². The molecular formula is C14H15N. The van der Waals surface area contributed by atoms with E-state index < -0.39 is 0 Å². The Hall–Kier alpha value is -1.50. The van der Waals surface area contributed by atoms with Crippen LogP contribution in [0.4, 0.5) is 5.69 Å². The fourth-order valence-corrected chi connectivity index (χ4v) is 2.54. The maximum Gasteiger partial charge on any atom is 0.0393 e. The van der Waals surface area contributed by atoms with Crippen LogP contribution >= 0.6 is 0 Å². The maximum absolute atomic E-state index is 5.99. The topological polar surface area (TPSA) is 26.0 Å². The zero-order valence-electron chi connectivity index (χ0n) is 8.79. The Morgan fingerprint density at radius 1 is 0.933 bits per heavy atom. The van der Waals surface area contributed by atoms with Crippen molar-refractivity contribution in [2.75, 3.05) is 5.73 Å². The lowest BCUT2D eigenvalue weighted by molar-refractivity contribution is 0.687. The Balaban J connectivity index is 2.31. The zero-order chi connectivity index (χ0) is 10.3. The van der Waals surface area contributed by atoms with E-state index in [9.17, 15) is 0 Å². The van der Waals surface area contributed by atoms with Crippen molar-refractivity contribution in [1.29, 1.82) is 0 Å². The lowest BCUT2D eigenvalue weighted by atomic mass is 9.89. The number of fused-ring (bicyclic) bond motifs is 2. The number of hydrogen-bond donors (Lipinski definition) is 1. The molecular weight excluding hydrogens is 182 g/mol. The number of nitrogen functional groups attached to an aromatic ring is 1. The fraction of sp³-hybridized carbons (Fsp3) is 0.286. The summed E-state index contributed by atoms with van der Waals surface area (Å²) in [6.07, 6.45) is 5.12. The Bertz CT molecular complexity index is 514. The van der Waals surface area contributed by atoms with Crippen LogP contribution in [0.3, 0.4) is 0 Å². The van der Waals surface area contributed by atoms with Crippen LogP contribution in [0.2, 0.25) is 0 Å². The molecule has 0 unspecified atom stereocenters. The molecule has 2 aromatic rings. The summed E-state index contributed by atoms with van der Waals surface area (Å²) in [5.74, 6) is 0. The summed E-state index contributed by atoms with van der Waals surface area (Å²) in [6.45, 7) is 0. The molecule has 0 atom stereocenters. The second-order valence-corrected chi connectivity index (χ2v) is 4.40. The SMILES string of the molecule is Nc1cccc2cc3c(cc12)CCCC3. The van der Waals surface area contributed by atoms with Crippen LogP contribution in [0.15, 0.2) is 30.3 Å². The second-order valence-electron chi connectivity index (χ2n) is 4.40. The first-order valence-corrected chi connectivity index (χ1v) is 5.64. The Labute approximate surface area is 89.9 Å². The Morgan fingerprint density at radius 3 is 2.47 bits per heavy atom. The molecule has 2 N–H and O–H groups in total. The third-order valence-corrected chi connectivity index (χ3v) is 3.38. The van der Waals surface area contributed by atoms with Gasteiger partial charge in [-0.05, 0) is 54.3 Å². The van der Waals surface area contributed by atoms with Gasteiger partial charge in [0, 0.05) is 11.1 Å². The van der Waals surface area contributed by atoms with Gasteiger partial charge in [-0.2, -0.15) is 0 Å². The molecule has 15 heavy (non-hydrogen) atoms. The summed E-state index contributed by atoms with van der Waals surface area (Å²) in [5.41, 5.74) is 9.93. The fourth-order valence-electron chi connectivity index (χ4n) is 2.54. The van der Waals surface area contributed by atoms with Crippen LogP contribution in [0.25, 0.3) is 10.8 Å². The second kappa shape index (κ2) is 3.27. The van der Waals surface area contributed by atoms with Crippen molar-refractivity contribution in [3.05, 3.63) is 41.5 Å². The first kappa shape index (κ1) is 8.78. The van der Waals surface area contributed by atoms with Crippen molar-refractivity contribution >= 4 is 16.5 Å². The van der Waals surface area contributed by atoms with Gasteiger partial charge in [-0.3, -0.25) is 0 Å². The van der Waals surface area contributed by atoms with E-state index in [4.69, 9.17) is 5.73 Å². The van der Waals surface area contributed by atoms with Crippen molar-refractivity contribution < 1.29 is 0 Å². The number of benzene rings is 2. The van der Waals surface area contributed by atoms with Gasteiger partial charge < -0.3 is 5.73 Å². The summed E-state index contributed by atoms with van der Waals surface area (Å²) >= 11 is 0. The third-order valence-electron chi connectivity index (χ3n) is 3.38. The highest BCUT2D eigenvalue weighted by Crippen LogP contribution is 2.29. The average molecular weight is 197 g/mol. The molecule has 0 saturated heterocycles. The van der Waals surface area contributed by atoms with E-state index in [1.165, 1.54) is 47.6 Å². The Kier molecular flexibility index (Phi) is 1.91. The van der Waals surface area contributed by atoms with Crippen molar-refractivity contribution in [2.24, 2.45) is 0 Å². The van der Waals surface area contributed by atoms with Gasteiger partial charge in [-0.15, -0.1) is 0 Å². The van der Waals surface area contributed by atoms with Gasteiger partial charge in [-0.25, -0.2) is 0 Å². The molecule has 0 saturated carbocycles. The van der Waals surface area contributed by atoms with E-state index in [1.54, 1.807) is 0 Å². The molecule has 0 aliphatic heterocycles. The molecule has 0 aromatic heterocycles. The van der Waals surface area contributed by atoms with E-state index in [1.807, 2.05) is 12.1 Å². The summed E-state index contributed by atoms with van der Waals surface area (Å²) in [6, 6.07) is 10.8. The van der Waals surface area contributed by atoms with Gasteiger partial charge in [0.25, 0.3) is 0 Å². The van der Waals surface area contributed by atoms with Crippen molar-refractivity contribution in [1.82, 2.24) is 0 Å². The molecule has 1 aliphatic carbocycles. The molecule has 0 fully saturated rings. The summed E-state index contributed by atoms with van der Waals surface area (Å²) < 4.78 is 0. The van der Waals surface area contributed by atoms with E-state index in [0.29, 0.717) is 0 Å². The van der Waals surface area contributed by atoms with Gasteiger partial charge >= 0.3 is 0 Å². The molecule has 2 aromatic carbocycles. The number of hydrogen-bond acceptors (Lipinski definition) is 1. The predicted molar refractivity (Wildman–Crippen MR) is 65.0 cm³/mol. The first-order chi connectivity index (χ1) is 7.34. The molecule has 0 radical (unpaired) electrons. The normalized spacial score (nSPS) is 15.2. The van der Waals surface area contributed by atoms with E-state index in [0.717, 1.165) is 5.69 Å².